The summed E-state index contributed by atoms with van der Waals surface area (Å²) in [6, 6.07) is 19.4. The van der Waals surface area contributed by atoms with Gasteiger partial charge in [-0.2, -0.15) is 0 Å². The van der Waals surface area contributed by atoms with Crippen molar-refractivity contribution >= 4 is 23.1 Å². The third-order valence-corrected chi connectivity index (χ3v) is 6.62. The highest BCUT2D eigenvalue weighted by atomic mass is 16.5. The smallest absolute Gasteiger partial charge is 0.300 e. The molecule has 0 spiro atoms. The van der Waals surface area contributed by atoms with Crippen molar-refractivity contribution < 1.29 is 24.2 Å². The number of methoxy groups -OCH3 is 1. The number of amides is 1. The van der Waals surface area contributed by atoms with E-state index in [9.17, 15) is 14.7 Å². The number of para-hydroxylation sites is 1. The van der Waals surface area contributed by atoms with Gasteiger partial charge in [0.05, 0.1) is 30.9 Å². The van der Waals surface area contributed by atoms with Gasteiger partial charge in [0, 0.05) is 5.69 Å². The number of benzene rings is 3. The number of aliphatic hydroxyl groups excluding tert-OH is 1. The Bertz CT molecular complexity index is 1380. The molecule has 6 heteroatoms. The predicted octanol–water partition coefficient (Wildman–Crippen LogP) is 6.33. The maximum Gasteiger partial charge on any atom is 0.300 e. The number of anilines is 1. The van der Waals surface area contributed by atoms with Gasteiger partial charge >= 0.3 is 0 Å². The van der Waals surface area contributed by atoms with Crippen LogP contribution < -0.4 is 14.4 Å². The van der Waals surface area contributed by atoms with Crippen LogP contribution in [0.4, 0.5) is 5.69 Å². The van der Waals surface area contributed by atoms with E-state index in [2.05, 4.69) is 20.8 Å². The number of nitrogens with zero attached hydrogens (tertiary/aromatic N) is 1. The van der Waals surface area contributed by atoms with E-state index >= 15 is 0 Å². The molecule has 1 amide bonds. The summed E-state index contributed by atoms with van der Waals surface area (Å²) in [5, 5.41) is 11.7. The summed E-state index contributed by atoms with van der Waals surface area (Å²) in [7, 11) is 1.51. The summed E-state index contributed by atoms with van der Waals surface area (Å²) in [5.74, 6) is -0.703. The topological polar surface area (TPSA) is 76.1 Å². The van der Waals surface area contributed by atoms with Crippen molar-refractivity contribution in [2.45, 2.75) is 46.1 Å². The monoisotopic (exact) mass is 499 g/mol. The van der Waals surface area contributed by atoms with Crippen LogP contribution in [0.1, 0.15) is 56.0 Å². The van der Waals surface area contributed by atoms with Crippen molar-refractivity contribution in [1.82, 2.24) is 0 Å². The Hall–Kier alpha value is -4.06. The number of ether oxygens (including phenoxy) is 2. The highest BCUT2D eigenvalue weighted by Crippen LogP contribution is 2.45. The van der Waals surface area contributed by atoms with E-state index in [1.54, 1.807) is 18.2 Å². The molecule has 6 nitrogen and oxygen atoms in total. The van der Waals surface area contributed by atoms with Gasteiger partial charge in [-0.05, 0) is 66.3 Å². The number of ketones is 1. The lowest BCUT2D eigenvalue weighted by Gasteiger charge is -2.27. The van der Waals surface area contributed by atoms with Gasteiger partial charge in [0.25, 0.3) is 11.7 Å². The number of rotatable bonds is 6. The fourth-order valence-electron chi connectivity index (χ4n) is 4.68. The number of Topliss-reactive ketones (excluding diaryl/α,β-unsaturated/α-hetero) is 1. The molecule has 1 N–H and O–H groups in total. The van der Waals surface area contributed by atoms with E-state index in [0.717, 1.165) is 11.1 Å². The molecule has 4 rings (SSSR count). The van der Waals surface area contributed by atoms with Crippen LogP contribution in [-0.2, 0) is 15.0 Å². The Labute approximate surface area is 218 Å². The van der Waals surface area contributed by atoms with Crippen LogP contribution in [0.2, 0.25) is 0 Å². The fraction of sp³-hybridized carbons (Fsp3) is 0.290. The minimum absolute atomic E-state index is 0.00580. The molecule has 192 valence electrons. The minimum Gasteiger partial charge on any atom is -0.507 e. The molecule has 3 aromatic carbocycles. The third-order valence-electron chi connectivity index (χ3n) is 6.62. The molecule has 1 unspecified atom stereocenters. The molecular weight excluding hydrogens is 466 g/mol. The molecule has 1 fully saturated rings. The van der Waals surface area contributed by atoms with Gasteiger partial charge in [-0.1, -0.05) is 57.2 Å². The van der Waals surface area contributed by atoms with Crippen molar-refractivity contribution in [3.05, 3.63) is 94.6 Å². The summed E-state index contributed by atoms with van der Waals surface area (Å²) in [6.45, 7) is 10.4. The van der Waals surface area contributed by atoms with Crippen LogP contribution in [0.5, 0.6) is 11.5 Å². The van der Waals surface area contributed by atoms with Crippen molar-refractivity contribution in [2.24, 2.45) is 0 Å². The Kier molecular flexibility index (Phi) is 7.12. The van der Waals surface area contributed by atoms with Crippen LogP contribution in [0.3, 0.4) is 0 Å². The van der Waals surface area contributed by atoms with Crippen LogP contribution in [-0.4, -0.2) is 30.5 Å². The van der Waals surface area contributed by atoms with Gasteiger partial charge < -0.3 is 14.6 Å². The zero-order valence-corrected chi connectivity index (χ0v) is 22.2. The molecule has 1 aliphatic rings. The SMILES string of the molecule is CCOc1cccc(C2/C(=C(\O)c3cc(C(C)(C)C)ccc3OC)C(=O)C(=O)N2c2ccccc2C)c1. The van der Waals surface area contributed by atoms with Gasteiger partial charge in [-0.3, -0.25) is 14.5 Å². The zero-order chi connectivity index (χ0) is 26.9. The second kappa shape index (κ2) is 10.1. The molecule has 1 aliphatic heterocycles. The fourth-order valence-corrected chi connectivity index (χ4v) is 4.68. The number of aryl methyl sites for hydroxylation is 1. The maximum atomic E-state index is 13.6. The highest BCUT2D eigenvalue weighted by Gasteiger charge is 2.47. The van der Waals surface area contributed by atoms with E-state index in [0.29, 0.717) is 34.9 Å². The van der Waals surface area contributed by atoms with E-state index in [4.69, 9.17) is 9.47 Å². The Morgan fingerprint density at radius 3 is 2.38 bits per heavy atom. The summed E-state index contributed by atoms with van der Waals surface area (Å²) < 4.78 is 11.3. The molecular formula is C31H33NO5. The van der Waals surface area contributed by atoms with Crippen molar-refractivity contribution in [2.75, 3.05) is 18.6 Å². The normalized spacial score (nSPS) is 17.2. The quantitative estimate of drug-likeness (QED) is 0.244. The van der Waals surface area contributed by atoms with Crippen LogP contribution in [0.25, 0.3) is 5.76 Å². The van der Waals surface area contributed by atoms with Crippen LogP contribution >= 0.6 is 0 Å². The molecule has 0 saturated carbocycles. The number of aliphatic hydroxyl groups is 1. The maximum absolute atomic E-state index is 13.6. The van der Waals surface area contributed by atoms with E-state index in [1.807, 2.05) is 62.4 Å². The first-order valence-corrected chi connectivity index (χ1v) is 12.4. The van der Waals surface area contributed by atoms with Gasteiger partial charge in [-0.15, -0.1) is 0 Å². The summed E-state index contributed by atoms with van der Waals surface area (Å²) >= 11 is 0. The largest absolute Gasteiger partial charge is 0.507 e. The lowest BCUT2D eigenvalue weighted by Crippen LogP contribution is -2.30. The van der Waals surface area contributed by atoms with Crippen LogP contribution in [0, 0.1) is 6.92 Å². The number of hydrogen-bond donors (Lipinski definition) is 1. The number of hydrogen-bond acceptors (Lipinski definition) is 5. The second-order valence-corrected chi connectivity index (χ2v) is 10.1. The molecule has 1 atom stereocenters. The molecule has 0 aromatic heterocycles. The highest BCUT2D eigenvalue weighted by molar-refractivity contribution is 6.51. The van der Waals surface area contributed by atoms with Gasteiger partial charge in [0.15, 0.2) is 0 Å². The number of carbonyl (C=O) groups excluding carboxylic acids is 2. The second-order valence-electron chi connectivity index (χ2n) is 10.1. The summed E-state index contributed by atoms with van der Waals surface area (Å²) in [6.07, 6.45) is 0. The van der Waals surface area contributed by atoms with E-state index in [1.165, 1.54) is 12.0 Å². The average molecular weight is 500 g/mol. The predicted molar refractivity (Wildman–Crippen MR) is 145 cm³/mol. The van der Waals surface area contributed by atoms with Gasteiger partial charge in [0.1, 0.15) is 17.3 Å². The molecule has 0 aliphatic carbocycles. The Morgan fingerprint density at radius 2 is 1.73 bits per heavy atom. The van der Waals surface area contributed by atoms with Crippen LogP contribution in [0.15, 0.2) is 72.3 Å². The van der Waals surface area contributed by atoms with Crippen molar-refractivity contribution in [1.29, 1.82) is 0 Å². The van der Waals surface area contributed by atoms with Crippen molar-refractivity contribution in [3.63, 3.8) is 0 Å². The Balaban J connectivity index is 2.01. The first-order chi connectivity index (χ1) is 17.6. The first kappa shape index (κ1) is 26.0. The van der Waals surface area contributed by atoms with E-state index < -0.39 is 17.7 Å². The zero-order valence-electron chi connectivity index (χ0n) is 22.2. The van der Waals surface area contributed by atoms with Gasteiger partial charge in [-0.25, -0.2) is 0 Å². The van der Waals surface area contributed by atoms with Gasteiger partial charge in [0.2, 0.25) is 0 Å². The standard InChI is InChI=1S/C31H33NO5/c1-7-37-22-13-10-12-20(17-22)27-26(29(34)30(35)32(27)24-14-9-8-11-19(24)2)28(33)23-18-21(31(3,4)5)15-16-25(23)36-6/h8-18,27,33H,7H2,1-6H3/b28-26+. The third kappa shape index (κ3) is 4.84. The molecule has 0 bridgehead atoms. The summed E-state index contributed by atoms with van der Waals surface area (Å²) in [5.41, 5.74) is 3.21. The van der Waals surface area contributed by atoms with Crippen molar-refractivity contribution in [3.8, 4) is 11.5 Å². The summed E-state index contributed by atoms with van der Waals surface area (Å²) in [4.78, 5) is 28.6. The molecule has 0 radical (unpaired) electrons. The lowest BCUT2D eigenvalue weighted by atomic mass is 9.85. The first-order valence-electron chi connectivity index (χ1n) is 12.4. The molecule has 1 saturated heterocycles. The average Bonchev–Trinajstić information content (AvgIpc) is 3.13. The minimum atomic E-state index is -0.857. The molecule has 3 aromatic rings. The molecule has 37 heavy (non-hydrogen) atoms. The number of carbonyl (C=O) groups is 2. The lowest BCUT2D eigenvalue weighted by molar-refractivity contribution is -0.132. The van der Waals surface area contributed by atoms with E-state index in [-0.39, 0.29) is 16.7 Å². The Morgan fingerprint density at radius 1 is 1.00 bits per heavy atom. The molecule has 1 heterocycles.